The summed E-state index contributed by atoms with van der Waals surface area (Å²) in [5, 5.41) is 0. The molecule has 20 heavy (non-hydrogen) atoms. The van der Waals surface area contributed by atoms with Gasteiger partial charge in [-0.05, 0) is 12.8 Å². The van der Waals surface area contributed by atoms with Gasteiger partial charge in [0.25, 0.3) is 0 Å². The number of imidazole rings is 1. The van der Waals surface area contributed by atoms with Crippen LogP contribution in [-0.2, 0) is 14.8 Å². The Kier molecular flexibility index (Phi) is 4.44. The molecule has 8 heteroatoms. The van der Waals surface area contributed by atoms with Crippen molar-refractivity contribution in [3.05, 3.63) is 18.7 Å². The fraction of sp³-hybridized carbons (Fsp3) is 0.667. The number of hydrogen-bond donors (Lipinski definition) is 0. The van der Waals surface area contributed by atoms with Gasteiger partial charge >= 0.3 is 0 Å². The summed E-state index contributed by atoms with van der Waals surface area (Å²) in [4.78, 5) is 17.9. The molecule has 1 aromatic heterocycles. The summed E-state index contributed by atoms with van der Waals surface area (Å²) >= 11 is 0. The highest BCUT2D eigenvalue weighted by atomic mass is 32.2. The van der Waals surface area contributed by atoms with Crippen LogP contribution in [0, 0.1) is 0 Å². The zero-order valence-corrected chi connectivity index (χ0v) is 12.6. The van der Waals surface area contributed by atoms with Gasteiger partial charge in [0, 0.05) is 32.5 Å². The van der Waals surface area contributed by atoms with Crippen LogP contribution in [0.25, 0.3) is 0 Å². The molecule has 1 aliphatic rings. The minimum atomic E-state index is -3.32. The van der Waals surface area contributed by atoms with E-state index in [9.17, 15) is 13.2 Å². The van der Waals surface area contributed by atoms with Gasteiger partial charge in [-0.2, -0.15) is 4.31 Å². The standard InChI is InChI=1S/C12H20N4O3S/c1-14(20(2,18)19)9-12(17)15-6-3-4-11(8-15)16-7-5-13-10-16/h5,7,10-11H,3-4,6,8-9H2,1-2H3/t11-/m0/s1. The molecule has 0 spiro atoms. The van der Waals surface area contributed by atoms with E-state index in [0.29, 0.717) is 13.1 Å². The van der Waals surface area contributed by atoms with Gasteiger partial charge in [0.05, 0.1) is 25.2 Å². The highest BCUT2D eigenvalue weighted by molar-refractivity contribution is 7.88. The summed E-state index contributed by atoms with van der Waals surface area (Å²) in [5.41, 5.74) is 0. The summed E-state index contributed by atoms with van der Waals surface area (Å²) in [6, 6.07) is 0.221. The second-order valence-corrected chi connectivity index (χ2v) is 7.25. The lowest BCUT2D eigenvalue weighted by atomic mass is 10.1. The van der Waals surface area contributed by atoms with E-state index in [1.54, 1.807) is 17.4 Å². The summed E-state index contributed by atoms with van der Waals surface area (Å²) in [7, 11) is -1.90. The van der Waals surface area contributed by atoms with Crippen LogP contribution in [0.3, 0.4) is 0 Å². The molecule has 0 radical (unpaired) electrons. The van der Waals surface area contributed by atoms with Crippen LogP contribution in [-0.4, -0.2) is 66.0 Å². The summed E-state index contributed by atoms with van der Waals surface area (Å²) < 4.78 is 25.8. The van der Waals surface area contributed by atoms with Gasteiger partial charge < -0.3 is 9.47 Å². The molecular formula is C12H20N4O3S. The minimum Gasteiger partial charge on any atom is -0.339 e. The number of carbonyl (C=O) groups is 1. The van der Waals surface area contributed by atoms with E-state index in [-0.39, 0.29) is 18.5 Å². The number of rotatable bonds is 4. The van der Waals surface area contributed by atoms with Gasteiger partial charge in [-0.3, -0.25) is 4.79 Å². The largest absolute Gasteiger partial charge is 0.339 e. The van der Waals surface area contributed by atoms with E-state index in [1.807, 2.05) is 10.8 Å². The third-order valence-electron chi connectivity index (χ3n) is 3.62. The molecule has 0 unspecified atom stereocenters. The number of amides is 1. The number of aromatic nitrogens is 2. The molecule has 1 aliphatic heterocycles. The summed E-state index contributed by atoms with van der Waals surface area (Å²) in [5.74, 6) is -0.150. The zero-order chi connectivity index (χ0) is 14.8. The van der Waals surface area contributed by atoms with Crippen LogP contribution in [0.4, 0.5) is 0 Å². The van der Waals surface area contributed by atoms with Crippen LogP contribution in [0.1, 0.15) is 18.9 Å². The molecule has 1 fully saturated rings. The second kappa shape index (κ2) is 5.92. The number of piperidine rings is 1. The molecule has 1 saturated heterocycles. The molecule has 1 atom stereocenters. The van der Waals surface area contributed by atoms with Gasteiger partial charge in [-0.25, -0.2) is 13.4 Å². The van der Waals surface area contributed by atoms with E-state index in [2.05, 4.69) is 4.98 Å². The van der Waals surface area contributed by atoms with E-state index in [0.717, 1.165) is 23.4 Å². The Hall–Kier alpha value is -1.41. The van der Waals surface area contributed by atoms with E-state index >= 15 is 0 Å². The fourth-order valence-corrected chi connectivity index (χ4v) is 2.66. The van der Waals surface area contributed by atoms with Crippen molar-refractivity contribution in [1.29, 1.82) is 0 Å². The first-order chi connectivity index (χ1) is 9.38. The Morgan fingerprint density at radius 3 is 2.85 bits per heavy atom. The van der Waals surface area contributed by atoms with Crippen LogP contribution >= 0.6 is 0 Å². The fourth-order valence-electron chi connectivity index (χ4n) is 2.32. The summed E-state index contributed by atoms with van der Waals surface area (Å²) in [6.45, 7) is 1.18. The SMILES string of the molecule is CN(CC(=O)N1CCC[C@H](n2ccnc2)C1)S(C)(=O)=O. The lowest BCUT2D eigenvalue weighted by Crippen LogP contribution is -2.45. The molecule has 112 valence electrons. The lowest BCUT2D eigenvalue weighted by molar-refractivity contribution is -0.132. The van der Waals surface area contributed by atoms with Crippen molar-refractivity contribution in [2.45, 2.75) is 18.9 Å². The maximum atomic E-state index is 12.2. The van der Waals surface area contributed by atoms with Gasteiger partial charge in [0.1, 0.15) is 0 Å². The van der Waals surface area contributed by atoms with Gasteiger partial charge in [0.2, 0.25) is 15.9 Å². The van der Waals surface area contributed by atoms with Crippen LogP contribution < -0.4 is 0 Å². The Morgan fingerprint density at radius 1 is 1.50 bits per heavy atom. The molecule has 0 saturated carbocycles. The lowest BCUT2D eigenvalue weighted by Gasteiger charge is -2.34. The van der Waals surface area contributed by atoms with E-state index in [4.69, 9.17) is 0 Å². The molecule has 2 heterocycles. The Labute approximate surface area is 119 Å². The van der Waals surface area contributed by atoms with Crippen molar-refractivity contribution >= 4 is 15.9 Å². The zero-order valence-electron chi connectivity index (χ0n) is 11.8. The third kappa shape index (κ3) is 3.57. The first-order valence-electron chi connectivity index (χ1n) is 6.54. The predicted molar refractivity (Wildman–Crippen MR) is 74.6 cm³/mol. The second-order valence-electron chi connectivity index (χ2n) is 5.16. The van der Waals surface area contributed by atoms with Crippen molar-refractivity contribution in [1.82, 2.24) is 18.8 Å². The van der Waals surface area contributed by atoms with Crippen LogP contribution in [0.5, 0.6) is 0 Å². The van der Waals surface area contributed by atoms with Gasteiger partial charge in [0.15, 0.2) is 0 Å². The Bertz CT molecular complexity index is 555. The Morgan fingerprint density at radius 2 is 2.25 bits per heavy atom. The number of likely N-dealkylation sites (N-methyl/N-ethyl adjacent to an activating group) is 1. The van der Waals surface area contributed by atoms with Crippen molar-refractivity contribution in [3.8, 4) is 0 Å². The van der Waals surface area contributed by atoms with Gasteiger partial charge in [-0.1, -0.05) is 0 Å². The molecule has 0 N–H and O–H groups in total. The number of sulfonamides is 1. The molecule has 2 rings (SSSR count). The normalized spacial score (nSPS) is 20.4. The highest BCUT2D eigenvalue weighted by Crippen LogP contribution is 2.21. The van der Waals surface area contributed by atoms with Crippen molar-refractivity contribution < 1.29 is 13.2 Å². The van der Waals surface area contributed by atoms with Crippen molar-refractivity contribution in [2.24, 2.45) is 0 Å². The third-order valence-corrected chi connectivity index (χ3v) is 4.88. The van der Waals surface area contributed by atoms with Crippen LogP contribution in [0.15, 0.2) is 18.7 Å². The number of nitrogens with zero attached hydrogens (tertiary/aromatic N) is 4. The first-order valence-corrected chi connectivity index (χ1v) is 8.39. The maximum Gasteiger partial charge on any atom is 0.237 e. The first kappa shape index (κ1) is 15.0. The average Bonchev–Trinajstić information content (AvgIpc) is 2.91. The topological polar surface area (TPSA) is 75.5 Å². The molecular weight excluding hydrogens is 280 g/mol. The molecule has 1 amide bonds. The van der Waals surface area contributed by atoms with E-state index in [1.165, 1.54) is 7.05 Å². The predicted octanol–water partition coefficient (Wildman–Crippen LogP) is -0.0620. The number of hydrogen-bond acceptors (Lipinski definition) is 4. The highest BCUT2D eigenvalue weighted by Gasteiger charge is 2.26. The monoisotopic (exact) mass is 300 g/mol. The summed E-state index contributed by atoms with van der Waals surface area (Å²) in [6.07, 6.45) is 8.38. The minimum absolute atomic E-state index is 0.102. The smallest absolute Gasteiger partial charge is 0.237 e. The van der Waals surface area contributed by atoms with Crippen LogP contribution in [0.2, 0.25) is 0 Å². The molecule has 1 aromatic rings. The number of likely N-dealkylation sites (tertiary alicyclic amines) is 1. The van der Waals surface area contributed by atoms with Crippen molar-refractivity contribution in [3.63, 3.8) is 0 Å². The van der Waals surface area contributed by atoms with Crippen molar-refractivity contribution in [2.75, 3.05) is 32.9 Å². The molecule has 0 bridgehead atoms. The quantitative estimate of drug-likeness (QED) is 0.780. The molecule has 0 aliphatic carbocycles. The molecule has 7 nitrogen and oxygen atoms in total. The van der Waals surface area contributed by atoms with E-state index < -0.39 is 10.0 Å². The average molecular weight is 300 g/mol. The Balaban J connectivity index is 1.97. The van der Waals surface area contributed by atoms with Gasteiger partial charge in [-0.15, -0.1) is 0 Å². The maximum absolute atomic E-state index is 12.2. The number of carbonyl (C=O) groups excluding carboxylic acids is 1. The molecule has 0 aromatic carbocycles.